The maximum atomic E-state index is 4.09. The first-order valence-electron chi connectivity index (χ1n) is 4.97. The Labute approximate surface area is 91.3 Å². The maximum absolute atomic E-state index is 4.09. The maximum Gasteiger partial charge on any atom is 0.0785 e. The van der Waals surface area contributed by atoms with Crippen LogP contribution in [-0.4, -0.2) is 26.3 Å². The molecule has 0 amide bonds. The number of aryl methyl sites for hydroxylation is 1. The third-order valence-corrected chi connectivity index (χ3v) is 3.29. The molecule has 0 radical (unpaired) electrons. The molecule has 0 atom stereocenters. The van der Waals surface area contributed by atoms with Gasteiger partial charge in [-0.05, 0) is 24.4 Å². The molecule has 78 valence electrons. The average Bonchev–Trinajstić information content (AvgIpc) is 2.87. The molecule has 1 N–H and O–H groups in total. The van der Waals surface area contributed by atoms with E-state index < -0.39 is 0 Å². The van der Waals surface area contributed by atoms with Gasteiger partial charge in [0.25, 0.3) is 0 Å². The number of anilines is 1. The van der Waals surface area contributed by atoms with Crippen molar-refractivity contribution in [1.82, 2.24) is 19.8 Å². The van der Waals surface area contributed by atoms with Crippen LogP contribution in [0.25, 0.3) is 0 Å². The SMILES string of the molecule is c1nnsc1CN1CCCc2[nH]ncc21. The number of aromatic amines is 1. The van der Waals surface area contributed by atoms with Gasteiger partial charge in [-0.25, -0.2) is 0 Å². The molecule has 0 aromatic carbocycles. The third kappa shape index (κ3) is 1.61. The fourth-order valence-electron chi connectivity index (χ4n) is 1.94. The van der Waals surface area contributed by atoms with Gasteiger partial charge >= 0.3 is 0 Å². The predicted molar refractivity (Wildman–Crippen MR) is 57.9 cm³/mol. The highest BCUT2D eigenvalue weighted by Crippen LogP contribution is 2.26. The van der Waals surface area contributed by atoms with Crippen LogP contribution in [0.1, 0.15) is 17.0 Å². The quantitative estimate of drug-likeness (QED) is 0.828. The first-order valence-corrected chi connectivity index (χ1v) is 5.74. The monoisotopic (exact) mass is 221 g/mol. The van der Waals surface area contributed by atoms with E-state index in [1.807, 2.05) is 12.4 Å². The standard InChI is InChI=1S/C9H11N5S/c1-2-8-9(5-10-12-8)14(3-1)6-7-4-11-13-15-7/h4-5H,1-3,6H2,(H,10,12). The van der Waals surface area contributed by atoms with E-state index in [-0.39, 0.29) is 0 Å². The van der Waals surface area contributed by atoms with Gasteiger partial charge in [0.15, 0.2) is 0 Å². The Morgan fingerprint density at radius 3 is 3.33 bits per heavy atom. The van der Waals surface area contributed by atoms with E-state index in [2.05, 4.69) is 24.7 Å². The number of hydrogen-bond donors (Lipinski definition) is 1. The molecule has 2 aromatic rings. The number of fused-ring (bicyclic) bond motifs is 1. The molecule has 2 aromatic heterocycles. The van der Waals surface area contributed by atoms with Crippen LogP contribution in [0.2, 0.25) is 0 Å². The summed E-state index contributed by atoms with van der Waals surface area (Å²) in [6, 6.07) is 0. The minimum Gasteiger partial charge on any atom is -0.364 e. The zero-order valence-corrected chi connectivity index (χ0v) is 9.00. The highest BCUT2D eigenvalue weighted by molar-refractivity contribution is 7.05. The Hall–Kier alpha value is -1.43. The van der Waals surface area contributed by atoms with Crippen LogP contribution in [0.5, 0.6) is 0 Å². The summed E-state index contributed by atoms with van der Waals surface area (Å²) in [6.07, 6.45) is 6.02. The fourth-order valence-corrected chi connectivity index (χ4v) is 2.45. The van der Waals surface area contributed by atoms with Gasteiger partial charge in [-0.1, -0.05) is 4.49 Å². The normalized spacial score (nSPS) is 15.3. The Bertz CT molecular complexity index is 435. The van der Waals surface area contributed by atoms with Gasteiger partial charge in [-0.2, -0.15) is 5.10 Å². The Balaban J connectivity index is 1.84. The van der Waals surface area contributed by atoms with Gasteiger partial charge in [0.1, 0.15) is 0 Å². The van der Waals surface area contributed by atoms with Crippen molar-refractivity contribution in [3.63, 3.8) is 0 Å². The largest absolute Gasteiger partial charge is 0.364 e. The summed E-state index contributed by atoms with van der Waals surface area (Å²) in [4.78, 5) is 3.53. The zero-order valence-electron chi connectivity index (χ0n) is 8.18. The number of hydrogen-bond acceptors (Lipinski definition) is 5. The van der Waals surface area contributed by atoms with Gasteiger partial charge in [-0.3, -0.25) is 5.10 Å². The van der Waals surface area contributed by atoms with Crippen LogP contribution in [-0.2, 0) is 13.0 Å². The van der Waals surface area contributed by atoms with Crippen LogP contribution < -0.4 is 4.90 Å². The van der Waals surface area contributed by atoms with Crippen LogP contribution in [0.4, 0.5) is 5.69 Å². The number of nitrogens with zero attached hydrogens (tertiary/aromatic N) is 4. The topological polar surface area (TPSA) is 57.7 Å². The summed E-state index contributed by atoms with van der Waals surface area (Å²) < 4.78 is 3.87. The Morgan fingerprint density at radius 2 is 2.47 bits per heavy atom. The van der Waals surface area contributed by atoms with Crippen molar-refractivity contribution in [2.24, 2.45) is 0 Å². The molecule has 15 heavy (non-hydrogen) atoms. The minimum absolute atomic E-state index is 0.893. The average molecular weight is 221 g/mol. The van der Waals surface area contributed by atoms with Crippen LogP contribution in [0.3, 0.4) is 0 Å². The Morgan fingerprint density at radius 1 is 1.47 bits per heavy atom. The summed E-state index contributed by atoms with van der Waals surface area (Å²) in [5.74, 6) is 0. The Kier molecular flexibility index (Phi) is 2.13. The zero-order chi connectivity index (χ0) is 10.1. The van der Waals surface area contributed by atoms with E-state index in [1.54, 1.807) is 0 Å². The highest BCUT2D eigenvalue weighted by Gasteiger charge is 2.18. The second-order valence-corrected chi connectivity index (χ2v) is 4.51. The lowest BCUT2D eigenvalue weighted by Crippen LogP contribution is -2.27. The molecule has 0 unspecified atom stereocenters. The molecule has 0 fully saturated rings. The lowest BCUT2D eigenvalue weighted by atomic mass is 10.1. The highest BCUT2D eigenvalue weighted by atomic mass is 32.1. The summed E-state index contributed by atoms with van der Waals surface area (Å²) in [7, 11) is 0. The number of rotatable bonds is 2. The molecule has 6 heteroatoms. The summed E-state index contributed by atoms with van der Waals surface area (Å²) in [5.41, 5.74) is 2.48. The second-order valence-electron chi connectivity index (χ2n) is 3.64. The molecule has 0 aliphatic carbocycles. The first kappa shape index (κ1) is 8.84. The number of nitrogens with one attached hydrogen (secondary N) is 1. The van der Waals surface area contributed by atoms with Crippen molar-refractivity contribution in [2.45, 2.75) is 19.4 Å². The van der Waals surface area contributed by atoms with E-state index in [0.717, 1.165) is 19.5 Å². The molecule has 0 saturated heterocycles. The van der Waals surface area contributed by atoms with Crippen molar-refractivity contribution in [3.8, 4) is 0 Å². The smallest absolute Gasteiger partial charge is 0.0785 e. The van der Waals surface area contributed by atoms with Crippen molar-refractivity contribution < 1.29 is 0 Å². The molecule has 3 rings (SSSR count). The molecule has 3 heterocycles. The minimum atomic E-state index is 0.893. The van der Waals surface area contributed by atoms with E-state index >= 15 is 0 Å². The fraction of sp³-hybridized carbons (Fsp3) is 0.444. The second kappa shape index (κ2) is 3.62. The predicted octanol–water partition coefficient (Wildman–Crippen LogP) is 1.21. The van der Waals surface area contributed by atoms with Crippen LogP contribution in [0.15, 0.2) is 12.4 Å². The van der Waals surface area contributed by atoms with Gasteiger partial charge < -0.3 is 4.90 Å². The lowest BCUT2D eigenvalue weighted by molar-refractivity contribution is 0.685. The van der Waals surface area contributed by atoms with E-state index in [9.17, 15) is 0 Å². The summed E-state index contributed by atoms with van der Waals surface area (Å²) in [6.45, 7) is 1.98. The van der Waals surface area contributed by atoms with Crippen molar-refractivity contribution in [2.75, 3.05) is 11.4 Å². The first-order chi connectivity index (χ1) is 7.43. The van der Waals surface area contributed by atoms with Gasteiger partial charge in [-0.15, -0.1) is 5.10 Å². The molecular formula is C9H11N5S. The number of H-pyrrole nitrogens is 1. The molecule has 0 bridgehead atoms. The van der Waals surface area contributed by atoms with Crippen LogP contribution >= 0.6 is 11.5 Å². The van der Waals surface area contributed by atoms with Crippen molar-refractivity contribution >= 4 is 17.2 Å². The molecule has 1 aliphatic heterocycles. The molecule has 0 spiro atoms. The molecule has 0 saturated carbocycles. The lowest BCUT2D eigenvalue weighted by Gasteiger charge is -2.27. The van der Waals surface area contributed by atoms with E-state index in [1.165, 1.54) is 34.2 Å². The summed E-state index contributed by atoms with van der Waals surface area (Å²) >= 11 is 1.46. The van der Waals surface area contributed by atoms with Crippen LogP contribution in [0, 0.1) is 0 Å². The van der Waals surface area contributed by atoms with Gasteiger partial charge in [0.05, 0.1) is 35.2 Å². The molecule has 5 nitrogen and oxygen atoms in total. The van der Waals surface area contributed by atoms with E-state index in [0.29, 0.717) is 0 Å². The molecular weight excluding hydrogens is 210 g/mol. The van der Waals surface area contributed by atoms with Crippen molar-refractivity contribution in [3.05, 3.63) is 23.0 Å². The van der Waals surface area contributed by atoms with Gasteiger partial charge in [0, 0.05) is 6.54 Å². The summed E-state index contributed by atoms with van der Waals surface area (Å²) in [5, 5.41) is 11.0. The van der Waals surface area contributed by atoms with Crippen molar-refractivity contribution in [1.29, 1.82) is 0 Å². The van der Waals surface area contributed by atoms with E-state index in [4.69, 9.17) is 0 Å². The third-order valence-electron chi connectivity index (χ3n) is 2.64. The molecule has 1 aliphatic rings. The van der Waals surface area contributed by atoms with Gasteiger partial charge in [0.2, 0.25) is 0 Å². The number of aromatic nitrogens is 4.